The Bertz CT molecular complexity index is 832. The first kappa shape index (κ1) is 21.2. The lowest BCUT2D eigenvalue weighted by Gasteiger charge is -2.27. The molecule has 164 valence electrons. The summed E-state index contributed by atoms with van der Waals surface area (Å²) in [6.07, 6.45) is 11.6. The number of ether oxygens (including phenoxy) is 1. The standard InChI is InChI=1S/C23H35N5O2/c1-3-4-15(2)27-23-26-14-20-21(28-23)19(16-5-7-17(29)8-6-16)13-25-22(20)30-18-9-11-24-12-10-18/h13-18,24,29H,3-12H2,1-2H3,(H,26,27,28)/t15-,16?,17?/m1/s1. The Morgan fingerprint density at radius 1 is 1.13 bits per heavy atom. The third-order valence-electron chi connectivity index (χ3n) is 6.41. The van der Waals surface area contributed by atoms with Crippen LogP contribution in [0.5, 0.6) is 5.88 Å². The molecule has 2 aromatic rings. The van der Waals surface area contributed by atoms with Crippen LogP contribution in [-0.2, 0) is 0 Å². The van der Waals surface area contributed by atoms with E-state index in [0.717, 1.165) is 80.9 Å². The average molecular weight is 414 g/mol. The second kappa shape index (κ2) is 9.88. The van der Waals surface area contributed by atoms with Crippen LogP contribution in [0.4, 0.5) is 5.95 Å². The molecule has 4 rings (SSSR count). The molecule has 7 nitrogen and oxygen atoms in total. The highest BCUT2D eigenvalue weighted by molar-refractivity contribution is 5.86. The van der Waals surface area contributed by atoms with Gasteiger partial charge in [-0.15, -0.1) is 0 Å². The molecule has 2 aromatic heterocycles. The Morgan fingerprint density at radius 2 is 1.90 bits per heavy atom. The van der Waals surface area contributed by atoms with Crippen LogP contribution < -0.4 is 15.4 Å². The van der Waals surface area contributed by atoms with E-state index < -0.39 is 0 Å². The first-order valence-corrected chi connectivity index (χ1v) is 11.6. The summed E-state index contributed by atoms with van der Waals surface area (Å²) in [6.45, 7) is 6.31. The summed E-state index contributed by atoms with van der Waals surface area (Å²) in [4.78, 5) is 14.2. The fourth-order valence-corrected chi connectivity index (χ4v) is 4.66. The van der Waals surface area contributed by atoms with E-state index in [-0.39, 0.29) is 12.2 Å². The third kappa shape index (κ3) is 5.01. The van der Waals surface area contributed by atoms with Crippen molar-refractivity contribution >= 4 is 16.9 Å². The molecule has 1 aliphatic carbocycles. The molecular formula is C23H35N5O2. The molecule has 0 aromatic carbocycles. The van der Waals surface area contributed by atoms with Crippen LogP contribution in [0.25, 0.3) is 10.9 Å². The Labute approximate surface area is 179 Å². The number of hydrogen-bond donors (Lipinski definition) is 3. The monoisotopic (exact) mass is 413 g/mol. The lowest BCUT2D eigenvalue weighted by atomic mass is 9.83. The maximum Gasteiger partial charge on any atom is 0.224 e. The summed E-state index contributed by atoms with van der Waals surface area (Å²) in [6, 6.07) is 0.327. The molecule has 1 aliphatic heterocycles. The summed E-state index contributed by atoms with van der Waals surface area (Å²) in [5, 5.41) is 17.6. The minimum absolute atomic E-state index is 0.176. The molecule has 1 saturated carbocycles. The predicted octanol–water partition coefficient (Wildman–Crippen LogP) is 3.77. The normalized spacial score (nSPS) is 24.0. The molecule has 0 radical (unpaired) electrons. The quantitative estimate of drug-likeness (QED) is 0.636. The largest absolute Gasteiger partial charge is 0.474 e. The van der Waals surface area contributed by atoms with Gasteiger partial charge in [0, 0.05) is 24.0 Å². The highest BCUT2D eigenvalue weighted by atomic mass is 16.5. The minimum Gasteiger partial charge on any atom is -0.474 e. The number of aromatic nitrogens is 3. The molecule has 0 unspecified atom stereocenters. The lowest BCUT2D eigenvalue weighted by molar-refractivity contribution is 0.122. The van der Waals surface area contributed by atoms with Crippen LogP contribution in [0.3, 0.4) is 0 Å². The average Bonchev–Trinajstić information content (AvgIpc) is 2.75. The van der Waals surface area contributed by atoms with Crippen molar-refractivity contribution in [2.24, 2.45) is 0 Å². The number of nitrogens with one attached hydrogen (secondary N) is 2. The number of piperidine rings is 1. The minimum atomic E-state index is -0.176. The van der Waals surface area contributed by atoms with Crippen molar-refractivity contribution in [2.45, 2.75) is 89.4 Å². The van der Waals surface area contributed by atoms with Gasteiger partial charge < -0.3 is 20.5 Å². The number of anilines is 1. The van der Waals surface area contributed by atoms with E-state index in [0.29, 0.717) is 23.8 Å². The molecule has 7 heteroatoms. The van der Waals surface area contributed by atoms with Gasteiger partial charge in [-0.25, -0.2) is 15.0 Å². The van der Waals surface area contributed by atoms with Gasteiger partial charge >= 0.3 is 0 Å². The van der Waals surface area contributed by atoms with Crippen molar-refractivity contribution in [2.75, 3.05) is 18.4 Å². The van der Waals surface area contributed by atoms with Crippen molar-refractivity contribution in [1.82, 2.24) is 20.3 Å². The van der Waals surface area contributed by atoms with Gasteiger partial charge in [-0.1, -0.05) is 13.3 Å². The number of pyridine rings is 1. The van der Waals surface area contributed by atoms with Crippen LogP contribution >= 0.6 is 0 Å². The van der Waals surface area contributed by atoms with Crippen molar-refractivity contribution in [3.63, 3.8) is 0 Å². The van der Waals surface area contributed by atoms with Gasteiger partial charge in [0.1, 0.15) is 6.10 Å². The Kier molecular flexibility index (Phi) is 7.00. The smallest absolute Gasteiger partial charge is 0.224 e. The van der Waals surface area contributed by atoms with E-state index in [1.807, 2.05) is 12.4 Å². The fraction of sp³-hybridized carbons (Fsp3) is 0.696. The molecular weight excluding hydrogens is 378 g/mol. The Morgan fingerprint density at radius 3 is 2.63 bits per heavy atom. The van der Waals surface area contributed by atoms with E-state index in [4.69, 9.17) is 14.7 Å². The summed E-state index contributed by atoms with van der Waals surface area (Å²) in [5.74, 6) is 1.68. The molecule has 2 aliphatic rings. The zero-order chi connectivity index (χ0) is 20.9. The Hall–Kier alpha value is -1.99. The van der Waals surface area contributed by atoms with Gasteiger partial charge in [0.25, 0.3) is 0 Å². The lowest BCUT2D eigenvalue weighted by Crippen LogP contribution is -2.34. The Balaban J connectivity index is 1.67. The molecule has 30 heavy (non-hydrogen) atoms. The maximum absolute atomic E-state index is 9.93. The summed E-state index contributed by atoms with van der Waals surface area (Å²) >= 11 is 0. The number of rotatable bonds is 7. The zero-order valence-electron chi connectivity index (χ0n) is 18.2. The topological polar surface area (TPSA) is 92.2 Å². The van der Waals surface area contributed by atoms with Crippen molar-refractivity contribution < 1.29 is 9.84 Å². The fourth-order valence-electron chi connectivity index (χ4n) is 4.66. The molecule has 0 amide bonds. The van der Waals surface area contributed by atoms with Gasteiger partial charge in [-0.05, 0) is 70.9 Å². The molecule has 1 atom stereocenters. The third-order valence-corrected chi connectivity index (χ3v) is 6.41. The number of fused-ring (bicyclic) bond motifs is 1. The predicted molar refractivity (Wildman–Crippen MR) is 119 cm³/mol. The summed E-state index contributed by atoms with van der Waals surface area (Å²) in [5.41, 5.74) is 2.10. The van der Waals surface area contributed by atoms with E-state index >= 15 is 0 Å². The van der Waals surface area contributed by atoms with E-state index in [2.05, 4.69) is 29.5 Å². The van der Waals surface area contributed by atoms with Crippen LogP contribution in [-0.4, -0.2) is 51.4 Å². The van der Waals surface area contributed by atoms with Gasteiger partial charge in [0.2, 0.25) is 11.8 Å². The van der Waals surface area contributed by atoms with Crippen molar-refractivity contribution in [3.05, 3.63) is 18.0 Å². The van der Waals surface area contributed by atoms with Gasteiger partial charge in [-0.2, -0.15) is 0 Å². The van der Waals surface area contributed by atoms with Crippen LogP contribution in [0.2, 0.25) is 0 Å². The molecule has 0 bridgehead atoms. The van der Waals surface area contributed by atoms with Crippen LogP contribution in [0.1, 0.15) is 76.7 Å². The van der Waals surface area contributed by atoms with Crippen molar-refractivity contribution in [1.29, 1.82) is 0 Å². The second-order valence-electron chi connectivity index (χ2n) is 8.88. The van der Waals surface area contributed by atoms with E-state index in [1.165, 1.54) is 0 Å². The van der Waals surface area contributed by atoms with Gasteiger partial charge in [-0.3, -0.25) is 0 Å². The van der Waals surface area contributed by atoms with Gasteiger partial charge in [0.05, 0.1) is 17.0 Å². The van der Waals surface area contributed by atoms with Gasteiger partial charge in [0.15, 0.2) is 0 Å². The molecule has 1 saturated heterocycles. The highest BCUT2D eigenvalue weighted by Crippen LogP contribution is 2.38. The molecule has 0 spiro atoms. The maximum atomic E-state index is 9.93. The first-order valence-electron chi connectivity index (χ1n) is 11.6. The summed E-state index contributed by atoms with van der Waals surface area (Å²) < 4.78 is 6.30. The number of nitrogens with zero attached hydrogens (tertiary/aromatic N) is 3. The zero-order valence-corrected chi connectivity index (χ0v) is 18.2. The summed E-state index contributed by atoms with van der Waals surface area (Å²) in [7, 11) is 0. The van der Waals surface area contributed by atoms with Crippen LogP contribution in [0.15, 0.2) is 12.4 Å². The second-order valence-corrected chi connectivity index (χ2v) is 8.88. The van der Waals surface area contributed by atoms with E-state index in [1.54, 1.807) is 0 Å². The number of aliphatic hydroxyl groups is 1. The highest BCUT2D eigenvalue weighted by Gasteiger charge is 2.25. The van der Waals surface area contributed by atoms with Crippen molar-refractivity contribution in [3.8, 4) is 5.88 Å². The number of aliphatic hydroxyl groups excluding tert-OH is 1. The molecule has 3 N–H and O–H groups in total. The first-order chi connectivity index (χ1) is 14.6. The molecule has 3 heterocycles. The molecule has 2 fully saturated rings. The van der Waals surface area contributed by atoms with E-state index in [9.17, 15) is 5.11 Å². The number of hydrogen-bond acceptors (Lipinski definition) is 7. The van der Waals surface area contributed by atoms with Crippen LogP contribution in [0, 0.1) is 0 Å². The SMILES string of the molecule is CCC[C@@H](C)Nc1ncc2c(OC3CCNCC3)ncc(C3CCC(O)CC3)c2n1.